The Morgan fingerprint density at radius 2 is 2.08 bits per heavy atom. The third kappa shape index (κ3) is 3.23. The summed E-state index contributed by atoms with van der Waals surface area (Å²) in [4.78, 5) is 27.2. The van der Waals surface area contributed by atoms with Crippen LogP contribution in [0.25, 0.3) is 6.08 Å². The van der Waals surface area contributed by atoms with Crippen LogP contribution in [0.3, 0.4) is 0 Å². The van der Waals surface area contributed by atoms with Gasteiger partial charge in [-0.15, -0.1) is 11.3 Å². The number of Topliss-reactive ketones (excluding diaryl/α,β-unsaturated/α-hetero) is 1. The highest BCUT2D eigenvalue weighted by Gasteiger charge is 2.28. The van der Waals surface area contributed by atoms with Crippen LogP contribution in [0.2, 0.25) is 0 Å². The Kier molecular flexibility index (Phi) is 4.48. The van der Waals surface area contributed by atoms with Crippen LogP contribution < -0.4 is 9.47 Å². The zero-order chi connectivity index (χ0) is 18.1. The van der Waals surface area contributed by atoms with Gasteiger partial charge in [-0.3, -0.25) is 4.79 Å². The minimum atomic E-state index is -0.428. The Hall–Kier alpha value is -2.64. The average Bonchev–Trinajstić information content (AvgIpc) is 3.19. The fourth-order valence-electron chi connectivity index (χ4n) is 2.79. The molecule has 1 saturated heterocycles. The van der Waals surface area contributed by atoms with E-state index in [0.717, 1.165) is 10.4 Å². The second-order valence-electron chi connectivity index (χ2n) is 6.03. The van der Waals surface area contributed by atoms with E-state index in [9.17, 15) is 9.59 Å². The van der Waals surface area contributed by atoms with Gasteiger partial charge in [0.05, 0.1) is 18.8 Å². The van der Waals surface area contributed by atoms with Crippen LogP contribution in [0, 0.1) is 6.92 Å². The van der Waals surface area contributed by atoms with Crippen LogP contribution in [0.5, 0.6) is 11.5 Å². The SMILES string of the molecule is Cc1ccsc1/C=C1/Oc2cc(OC(=O)N3CCOCC3)ccc2C1=O. The molecule has 0 bridgehead atoms. The quantitative estimate of drug-likeness (QED) is 0.756. The average molecular weight is 371 g/mol. The third-order valence-corrected chi connectivity index (χ3v) is 5.25. The van der Waals surface area contributed by atoms with Crippen molar-refractivity contribution in [2.45, 2.75) is 6.92 Å². The molecule has 0 N–H and O–H groups in total. The number of carbonyl (C=O) groups is 2. The van der Waals surface area contributed by atoms with Gasteiger partial charge < -0.3 is 19.1 Å². The molecule has 3 heterocycles. The van der Waals surface area contributed by atoms with Crippen molar-refractivity contribution < 1.29 is 23.8 Å². The molecule has 2 aliphatic heterocycles. The van der Waals surface area contributed by atoms with Gasteiger partial charge in [0.2, 0.25) is 5.78 Å². The Labute approximate surface area is 154 Å². The molecule has 2 aromatic rings. The van der Waals surface area contributed by atoms with Gasteiger partial charge >= 0.3 is 6.09 Å². The molecule has 7 heteroatoms. The van der Waals surface area contributed by atoms with Crippen molar-refractivity contribution in [1.29, 1.82) is 0 Å². The monoisotopic (exact) mass is 371 g/mol. The molecule has 26 heavy (non-hydrogen) atoms. The molecule has 1 aromatic heterocycles. The van der Waals surface area contributed by atoms with E-state index in [4.69, 9.17) is 14.2 Å². The summed E-state index contributed by atoms with van der Waals surface area (Å²) in [5, 5.41) is 1.97. The molecule has 134 valence electrons. The first kappa shape index (κ1) is 16.8. The van der Waals surface area contributed by atoms with Gasteiger partial charge in [-0.05, 0) is 36.1 Å². The predicted octanol–water partition coefficient (Wildman–Crippen LogP) is 3.50. The fourth-order valence-corrected chi connectivity index (χ4v) is 3.64. The van der Waals surface area contributed by atoms with Crippen LogP contribution in [0.15, 0.2) is 35.4 Å². The largest absolute Gasteiger partial charge is 0.452 e. The lowest BCUT2D eigenvalue weighted by molar-refractivity contribution is 0.0416. The van der Waals surface area contributed by atoms with Crippen molar-refractivity contribution in [2.24, 2.45) is 0 Å². The Bertz CT molecular complexity index is 895. The van der Waals surface area contributed by atoms with Gasteiger partial charge in [-0.2, -0.15) is 0 Å². The van der Waals surface area contributed by atoms with Gasteiger partial charge in [-0.25, -0.2) is 4.79 Å². The molecule has 6 nitrogen and oxygen atoms in total. The van der Waals surface area contributed by atoms with Gasteiger partial charge in [0.25, 0.3) is 0 Å². The van der Waals surface area contributed by atoms with Gasteiger partial charge in [0.15, 0.2) is 5.76 Å². The summed E-state index contributed by atoms with van der Waals surface area (Å²) < 4.78 is 16.3. The Morgan fingerprint density at radius 3 is 2.81 bits per heavy atom. The van der Waals surface area contributed by atoms with Crippen molar-refractivity contribution in [3.05, 3.63) is 51.4 Å². The number of ketones is 1. The number of allylic oxidation sites excluding steroid dienone is 1. The molecule has 1 fully saturated rings. The summed E-state index contributed by atoms with van der Waals surface area (Å²) in [7, 11) is 0. The maximum absolute atomic E-state index is 12.5. The first-order chi connectivity index (χ1) is 12.6. The molecule has 0 aliphatic carbocycles. The van der Waals surface area contributed by atoms with E-state index in [-0.39, 0.29) is 11.5 Å². The summed E-state index contributed by atoms with van der Waals surface area (Å²) in [5.74, 6) is 0.866. The lowest BCUT2D eigenvalue weighted by atomic mass is 10.1. The second kappa shape index (κ2) is 6.93. The van der Waals surface area contributed by atoms with E-state index in [1.807, 2.05) is 18.4 Å². The van der Waals surface area contributed by atoms with E-state index >= 15 is 0 Å². The molecule has 4 rings (SSSR count). The lowest BCUT2D eigenvalue weighted by Crippen LogP contribution is -2.42. The number of fused-ring (bicyclic) bond motifs is 1. The molecule has 0 spiro atoms. The molecular formula is C19H17NO5S. The number of nitrogens with zero attached hydrogens (tertiary/aromatic N) is 1. The number of hydrogen-bond donors (Lipinski definition) is 0. The first-order valence-electron chi connectivity index (χ1n) is 8.29. The number of rotatable bonds is 2. The Morgan fingerprint density at radius 1 is 1.27 bits per heavy atom. The first-order valence-corrected chi connectivity index (χ1v) is 9.17. The van der Waals surface area contributed by atoms with Crippen molar-refractivity contribution in [3.8, 4) is 11.5 Å². The van der Waals surface area contributed by atoms with E-state index in [2.05, 4.69) is 0 Å². The number of carbonyl (C=O) groups excluding carboxylic acids is 2. The number of aryl methyl sites for hydroxylation is 1. The molecular weight excluding hydrogens is 354 g/mol. The van der Waals surface area contributed by atoms with Crippen LogP contribution in [-0.2, 0) is 4.74 Å². The molecule has 0 radical (unpaired) electrons. The zero-order valence-corrected chi connectivity index (χ0v) is 15.0. The number of hydrogen-bond acceptors (Lipinski definition) is 6. The highest BCUT2D eigenvalue weighted by molar-refractivity contribution is 7.11. The van der Waals surface area contributed by atoms with Gasteiger partial charge in [0.1, 0.15) is 11.5 Å². The maximum atomic E-state index is 12.5. The summed E-state index contributed by atoms with van der Waals surface area (Å²) in [6.07, 6.45) is 1.32. The standard InChI is InChI=1S/C19H17NO5S/c1-12-4-9-26-17(12)11-16-18(21)14-3-2-13(10-15(14)25-16)24-19(22)20-5-7-23-8-6-20/h2-4,9-11H,5-8H2,1H3/b16-11+. The smallest absolute Gasteiger partial charge is 0.415 e. The van der Waals surface area contributed by atoms with Crippen LogP contribution in [0.4, 0.5) is 4.79 Å². The van der Waals surface area contributed by atoms with Crippen LogP contribution >= 0.6 is 11.3 Å². The number of thiophene rings is 1. The van der Waals surface area contributed by atoms with E-state index < -0.39 is 6.09 Å². The molecule has 0 atom stereocenters. The molecule has 2 aliphatic rings. The van der Waals surface area contributed by atoms with Crippen molar-refractivity contribution in [2.75, 3.05) is 26.3 Å². The number of ether oxygens (including phenoxy) is 3. The predicted molar refractivity (Wildman–Crippen MR) is 96.8 cm³/mol. The van der Waals surface area contributed by atoms with Crippen LogP contribution in [-0.4, -0.2) is 43.1 Å². The minimum Gasteiger partial charge on any atom is -0.452 e. The summed E-state index contributed by atoms with van der Waals surface area (Å²) in [6.45, 7) is 4.01. The highest BCUT2D eigenvalue weighted by Crippen LogP contribution is 2.35. The molecule has 1 aromatic carbocycles. The number of morpholine rings is 1. The van der Waals surface area contributed by atoms with Crippen molar-refractivity contribution in [3.63, 3.8) is 0 Å². The fraction of sp³-hybridized carbons (Fsp3) is 0.263. The summed E-state index contributed by atoms with van der Waals surface area (Å²) in [5.41, 5.74) is 1.56. The minimum absolute atomic E-state index is 0.168. The van der Waals surface area contributed by atoms with Gasteiger partial charge in [-0.1, -0.05) is 0 Å². The van der Waals surface area contributed by atoms with Crippen LogP contribution in [0.1, 0.15) is 20.8 Å². The zero-order valence-electron chi connectivity index (χ0n) is 14.2. The summed E-state index contributed by atoms with van der Waals surface area (Å²) >= 11 is 1.55. The van der Waals surface area contributed by atoms with Gasteiger partial charge in [0, 0.05) is 30.1 Å². The normalized spacial score (nSPS) is 18.0. The maximum Gasteiger partial charge on any atom is 0.415 e. The topological polar surface area (TPSA) is 65.1 Å². The lowest BCUT2D eigenvalue weighted by Gasteiger charge is -2.25. The van der Waals surface area contributed by atoms with Crippen molar-refractivity contribution >= 4 is 29.3 Å². The molecule has 1 amide bonds. The number of amides is 1. The van der Waals surface area contributed by atoms with Crippen molar-refractivity contribution in [1.82, 2.24) is 4.90 Å². The second-order valence-corrected chi connectivity index (χ2v) is 6.98. The molecule has 0 unspecified atom stereocenters. The highest BCUT2D eigenvalue weighted by atomic mass is 32.1. The van der Waals surface area contributed by atoms with E-state index in [1.54, 1.807) is 40.5 Å². The third-order valence-electron chi connectivity index (χ3n) is 4.28. The number of benzene rings is 1. The van der Waals surface area contributed by atoms with E-state index in [0.29, 0.717) is 43.4 Å². The summed E-state index contributed by atoms with van der Waals surface area (Å²) in [6, 6.07) is 6.81. The van der Waals surface area contributed by atoms with E-state index in [1.165, 1.54) is 0 Å². The molecule has 0 saturated carbocycles. The Balaban J connectivity index is 1.51.